The topological polar surface area (TPSA) is 73.0 Å². The van der Waals surface area contributed by atoms with Crippen molar-refractivity contribution in [2.24, 2.45) is 4.99 Å². The molecule has 0 amide bonds. The van der Waals surface area contributed by atoms with Crippen LogP contribution < -0.4 is 10.6 Å². The van der Waals surface area contributed by atoms with Crippen molar-refractivity contribution >= 4 is 29.9 Å². The van der Waals surface area contributed by atoms with E-state index < -0.39 is 0 Å². The predicted octanol–water partition coefficient (Wildman–Crippen LogP) is 2.23. The summed E-state index contributed by atoms with van der Waals surface area (Å²) < 4.78 is 5.36. The largest absolute Gasteiger partial charge is 0.469 e. The van der Waals surface area contributed by atoms with E-state index in [1.165, 1.54) is 19.4 Å². The van der Waals surface area contributed by atoms with E-state index in [-0.39, 0.29) is 36.6 Å². The lowest BCUT2D eigenvalue weighted by Crippen LogP contribution is -2.46. The number of nitrogens with zero attached hydrogens (tertiary/aromatic N) is 2. The summed E-state index contributed by atoms with van der Waals surface area (Å²) in [5.41, 5.74) is 0. The number of likely N-dealkylation sites (N-methyl/N-ethyl adjacent to an activating group) is 1. The minimum atomic E-state index is 0. The van der Waals surface area contributed by atoms with Crippen LogP contribution in [-0.4, -0.2) is 60.8 Å². The number of hydrogen-bond acceptors (Lipinski definition) is 4. The Morgan fingerprint density at radius 1 is 1.48 bits per heavy atom. The fraction of sp³-hybridized carbons (Fsp3) is 0.722. The summed E-state index contributed by atoms with van der Waals surface area (Å²) in [4.78, 5) is 7.26. The molecule has 2 atom stereocenters. The summed E-state index contributed by atoms with van der Waals surface area (Å²) >= 11 is 0. The van der Waals surface area contributed by atoms with Crippen LogP contribution in [-0.2, 0) is 6.42 Å². The zero-order valence-electron chi connectivity index (χ0n) is 15.4. The second-order valence-corrected chi connectivity index (χ2v) is 6.30. The standard InChI is InChI=1S/C18H32N4O2.HI/c1-3-15(14-23)21-18(19-10-9-17-8-6-12-24-17)20-13-16-7-5-11-22(16)4-2;/h6,8,12,15-16,23H,3-5,7,9-11,13-14H2,1-2H3,(H2,19,20,21);1H/t15-,16?;/m1./s1. The van der Waals surface area contributed by atoms with Crippen molar-refractivity contribution in [3.05, 3.63) is 24.2 Å². The molecule has 1 aliphatic rings. The van der Waals surface area contributed by atoms with Crippen LogP contribution in [0.15, 0.2) is 27.8 Å². The van der Waals surface area contributed by atoms with Gasteiger partial charge in [0.2, 0.25) is 0 Å². The van der Waals surface area contributed by atoms with Crippen molar-refractivity contribution < 1.29 is 9.52 Å². The smallest absolute Gasteiger partial charge is 0.191 e. The lowest BCUT2D eigenvalue weighted by atomic mass is 10.2. The van der Waals surface area contributed by atoms with E-state index in [1.54, 1.807) is 6.26 Å². The second-order valence-electron chi connectivity index (χ2n) is 6.30. The molecule has 1 unspecified atom stereocenters. The van der Waals surface area contributed by atoms with E-state index in [9.17, 15) is 5.11 Å². The summed E-state index contributed by atoms with van der Waals surface area (Å²) in [6.07, 6.45) is 5.85. The first-order chi connectivity index (χ1) is 11.8. The Balaban J connectivity index is 0.00000312. The molecule has 144 valence electrons. The van der Waals surface area contributed by atoms with Crippen LogP contribution >= 0.6 is 24.0 Å². The third-order valence-corrected chi connectivity index (χ3v) is 4.66. The molecule has 1 aliphatic heterocycles. The molecular formula is C18H33IN4O2. The number of likely N-dealkylation sites (tertiary alicyclic amines) is 1. The summed E-state index contributed by atoms with van der Waals surface area (Å²) in [6, 6.07) is 4.45. The number of halogens is 1. The highest BCUT2D eigenvalue weighted by Crippen LogP contribution is 2.16. The Hall–Kier alpha value is -0.800. The molecule has 1 aromatic rings. The molecule has 1 saturated heterocycles. The van der Waals surface area contributed by atoms with Gasteiger partial charge in [0.1, 0.15) is 5.76 Å². The Labute approximate surface area is 168 Å². The Morgan fingerprint density at radius 2 is 2.32 bits per heavy atom. The maximum absolute atomic E-state index is 9.44. The summed E-state index contributed by atoms with van der Waals surface area (Å²) in [7, 11) is 0. The van der Waals surface area contributed by atoms with Gasteiger partial charge in [0.25, 0.3) is 0 Å². The van der Waals surface area contributed by atoms with Crippen LogP contribution in [0.5, 0.6) is 0 Å². The second kappa shape index (κ2) is 12.5. The lowest BCUT2D eigenvalue weighted by Gasteiger charge is -2.23. The van der Waals surface area contributed by atoms with E-state index in [0.717, 1.165) is 44.2 Å². The fourth-order valence-corrected chi connectivity index (χ4v) is 3.10. The molecule has 6 nitrogen and oxygen atoms in total. The van der Waals surface area contributed by atoms with Gasteiger partial charge in [0, 0.05) is 19.0 Å². The van der Waals surface area contributed by atoms with E-state index in [4.69, 9.17) is 9.41 Å². The number of nitrogens with one attached hydrogen (secondary N) is 2. The first kappa shape index (κ1) is 22.2. The minimum Gasteiger partial charge on any atom is -0.469 e. The van der Waals surface area contributed by atoms with Crippen LogP contribution in [0.1, 0.15) is 38.9 Å². The monoisotopic (exact) mass is 464 g/mol. The lowest BCUT2D eigenvalue weighted by molar-refractivity contribution is 0.251. The predicted molar refractivity (Wildman–Crippen MR) is 113 cm³/mol. The van der Waals surface area contributed by atoms with Crippen molar-refractivity contribution in [1.29, 1.82) is 0 Å². The zero-order chi connectivity index (χ0) is 17.2. The van der Waals surface area contributed by atoms with Crippen LogP contribution in [0.3, 0.4) is 0 Å². The first-order valence-electron chi connectivity index (χ1n) is 9.18. The summed E-state index contributed by atoms with van der Waals surface area (Å²) in [5, 5.41) is 16.1. The van der Waals surface area contributed by atoms with Gasteiger partial charge < -0.3 is 20.2 Å². The molecule has 0 bridgehead atoms. The van der Waals surface area contributed by atoms with Crippen LogP contribution in [0.25, 0.3) is 0 Å². The molecule has 25 heavy (non-hydrogen) atoms. The van der Waals surface area contributed by atoms with Gasteiger partial charge in [-0.3, -0.25) is 9.89 Å². The summed E-state index contributed by atoms with van der Waals surface area (Å²) in [5.74, 6) is 1.74. The fourth-order valence-electron chi connectivity index (χ4n) is 3.10. The number of aliphatic hydroxyl groups is 1. The molecule has 2 heterocycles. The van der Waals surface area contributed by atoms with Gasteiger partial charge in [-0.2, -0.15) is 0 Å². The van der Waals surface area contributed by atoms with Crippen molar-refractivity contribution in [3.8, 4) is 0 Å². The molecule has 0 aliphatic carbocycles. The molecule has 0 aromatic carbocycles. The number of hydrogen-bond donors (Lipinski definition) is 3. The van der Waals surface area contributed by atoms with Crippen molar-refractivity contribution in [3.63, 3.8) is 0 Å². The Morgan fingerprint density at radius 3 is 2.96 bits per heavy atom. The van der Waals surface area contributed by atoms with Crippen molar-refractivity contribution in [1.82, 2.24) is 15.5 Å². The molecule has 0 radical (unpaired) electrons. The van der Waals surface area contributed by atoms with E-state index in [0.29, 0.717) is 6.04 Å². The molecule has 0 saturated carbocycles. The number of aliphatic imine (C=N–C) groups is 1. The average Bonchev–Trinajstić information content (AvgIpc) is 3.28. The zero-order valence-corrected chi connectivity index (χ0v) is 17.7. The highest BCUT2D eigenvalue weighted by Gasteiger charge is 2.22. The molecule has 0 spiro atoms. The first-order valence-corrected chi connectivity index (χ1v) is 9.18. The Bertz CT molecular complexity index is 477. The number of aliphatic hydroxyl groups excluding tert-OH is 1. The van der Waals surface area contributed by atoms with Gasteiger partial charge in [-0.05, 0) is 44.5 Å². The highest BCUT2D eigenvalue weighted by molar-refractivity contribution is 14.0. The quantitative estimate of drug-likeness (QED) is 0.297. The van der Waals surface area contributed by atoms with Crippen molar-refractivity contribution in [2.75, 3.05) is 32.8 Å². The maximum atomic E-state index is 9.44. The maximum Gasteiger partial charge on any atom is 0.191 e. The van der Waals surface area contributed by atoms with Gasteiger partial charge in [0.05, 0.1) is 25.5 Å². The van der Waals surface area contributed by atoms with E-state index in [1.807, 2.05) is 12.1 Å². The third kappa shape index (κ3) is 7.53. The van der Waals surface area contributed by atoms with Gasteiger partial charge in [-0.25, -0.2) is 0 Å². The van der Waals surface area contributed by atoms with Crippen molar-refractivity contribution in [2.45, 2.75) is 51.6 Å². The molecule has 2 rings (SSSR count). The van der Waals surface area contributed by atoms with E-state index in [2.05, 4.69) is 29.4 Å². The van der Waals surface area contributed by atoms with Gasteiger partial charge in [-0.1, -0.05) is 13.8 Å². The number of rotatable bonds is 9. The van der Waals surface area contributed by atoms with Crippen LogP contribution in [0, 0.1) is 0 Å². The Kier molecular flexibility index (Phi) is 11.2. The van der Waals surface area contributed by atoms with E-state index >= 15 is 0 Å². The van der Waals surface area contributed by atoms with Crippen LogP contribution in [0.2, 0.25) is 0 Å². The normalized spacial score (nSPS) is 19.5. The van der Waals surface area contributed by atoms with Gasteiger partial charge >= 0.3 is 0 Å². The summed E-state index contributed by atoms with van der Waals surface area (Å²) in [6.45, 7) is 8.20. The van der Waals surface area contributed by atoms with Gasteiger partial charge in [0.15, 0.2) is 5.96 Å². The molecular weight excluding hydrogens is 431 g/mol. The molecule has 1 fully saturated rings. The molecule has 7 heteroatoms. The minimum absolute atomic E-state index is 0. The SMILES string of the molecule is CC[C@H](CO)NC(=NCC1CCCN1CC)NCCc1ccco1.I. The molecule has 3 N–H and O–H groups in total. The third-order valence-electron chi connectivity index (χ3n) is 4.66. The van der Waals surface area contributed by atoms with Gasteiger partial charge in [-0.15, -0.1) is 24.0 Å². The number of furan rings is 1. The highest BCUT2D eigenvalue weighted by atomic mass is 127. The van der Waals surface area contributed by atoms with Crippen LogP contribution in [0.4, 0.5) is 0 Å². The molecule has 1 aromatic heterocycles. The number of guanidine groups is 1. The average molecular weight is 464 g/mol.